The fraction of sp³-hybridized carbons (Fsp3) is 0.500. The molecule has 1 fully saturated rings. The van der Waals surface area contributed by atoms with Gasteiger partial charge >= 0.3 is 5.97 Å². The molecular formula is C16H19NO4. The number of rotatable bonds is 3. The first-order chi connectivity index (χ1) is 10.1. The summed E-state index contributed by atoms with van der Waals surface area (Å²) in [5, 5.41) is 2.85. The third kappa shape index (κ3) is 2.78. The molecule has 1 aromatic carbocycles. The first kappa shape index (κ1) is 14.1. The predicted molar refractivity (Wildman–Crippen MR) is 76.0 cm³/mol. The summed E-state index contributed by atoms with van der Waals surface area (Å²) in [4.78, 5) is 24.4. The van der Waals surface area contributed by atoms with Gasteiger partial charge in [0.25, 0.3) is 5.91 Å². The van der Waals surface area contributed by atoms with Crippen molar-refractivity contribution in [3.05, 3.63) is 35.4 Å². The third-order valence-electron chi connectivity index (χ3n) is 4.08. The zero-order valence-electron chi connectivity index (χ0n) is 12.1. The van der Waals surface area contributed by atoms with E-state index in [-0.39, 0.29) is 12.0 Å². The van der Waals surface area contributed by atoms with Crippen molar-refractivity contribution in [2.75, 3.05) is 13.2 Å². The molecule has 1 N–H and O–H groups in total. The molecule has 0 aliphatic carbocycles. The predicted octanol–water partition coefficient (Wildman–Crippen LogP) is 1.45. The minimum atomic E-state index is -1.15. The minimum absolute atomic E-state index is 0.0733. The second-order valence-electron chi connectivity index (χ2n) is 5.80. The van der Waals surface area contributed by atoms with E-state index < -0.39 is 11.6 Å². The zero-order chi connectivity index (χ0) is 14.9. The number of hydrogen-bond donors (Lipinski definition) is 1. The summed E-state index contributed by atoms with van der Waals surface area (Å²) in [6.07, 6.45) is 2.45. The summed E-state index contributed by atoms with van der Waals surface area (Å²) in [5.74, 6) is -0.701. The van der Waals surface area contributed by atoms with Gasteiger partial charge in [-0.15, -0.1) is 0 Å². The fourth-order valence-corrected chi connectivity index (χ4v) is 2.86. The van der Waals surface area contributed by atoms with Crippen molar-refractivity contribution in [1.29, 1.82) is 0 Å². The van der Waals surface area contributed by atoms with Crippen molar-refractivity contribution in [2.24, 2.45) is 0 Å². The van der Waals surface area contributed by atoms with Gasteiger partial charge in [0.15, 0.2) is 5.60 Å². The Hall–Kier alpha value is -1.88. The number of ether oxygens (including phenoxy) is 2. The molecule has 112 valence electrons. The van der Waals surface area contributed by atoms with Crippen molar-refractivity contribution in [3.63, 3.8) is 0 Å². The number of amides is 1. The van der Waals surface area contributed by atoms with Crippen LogP contribution in [-0.4, -0.2) is 36.7 Å². The molecule has 0 saturated carbocycles. The van der Waals surface area contributed by atoms with Crippen LogP contribution in [0.25, 0.3) is 0 Å². The van der Waals surface area contributed by atoms with Crippen molar-refractivity contribution in [3.8, 4) is 0 Å². The van der Waals surface area contributed by atoms with E-state index in [0.29, 0.717) is 18.5 Å². The van der Waals surface area contributed by atoms with Gasteiger partial charge in [0.2, 0.25) is 0 Å². The molecule has 1 saturated heterocycles. The van der Waals surface area contributed by atoms with E-state index in [9.17, 15) is 9.59 Å². The molecule has 1 aromatic rings. The van der Waals surface area contributed by atoms with Crippen LogP contribution in [0.4, 0.5) is 0 Å². The summed E-state index contributed by atoms with van der Waals surface area (Å²) in [6.45, 7) is 2.87. The van der Waals surface area contributed by atoms with E-state index in [1.165, 1.54) is 0 Å². The quantitative estimate of drug-likeness (QED) is 0.856. The number of esters is 1. The number of hydrogen-bond acceptors (Lipinski definition) is 4. The van der Waals surface area contributed by atoms with Crippen LogP contribution >= 0.6 is 0 Å². The lowest BCUT2D eigenvalue weighted by atomic mass is 9.89. The zero-order valence-corrected chi connectivity index (χ0v) is 12.1. The molecular weight excluding hydrogens is 270 g/mol. The number of carbonyl (C=O) groups is 2. The molecule has 0 spiro atoms. The average Bonchev–Trinajstić information content (AvgIpc) is 2.98. The number of benzene rings is 1. The molecule has 0 radical (unpaired) electrons. The number of cyclic esters (lactones) is 1. The first-order valence-electron chi connectivity index (χ1n) is 7.30. The molecule has 2 atom stereocenters. The summed E-state index contributed by atoms with van der Waals surface area (Å²) < 4.78 is 10.9. The fourth-order valence-electron chi connectivity index (χ4n) is 2.86. The van der Waals surface area contributed by atoms with Gasteiger partial charge in [-0.1, -0.05) is 18.2 Å². The second-order valence-corrected chi connectivity index (χ2v) is 5.80. The molecule has 0 bridgehead atoms. The Balaban J connectivity index is 1.69. The van der Waals surface area contributed by atoms with Crippen LogP contribution in [0.5, 0.6) is 0 Å². The molecule has 5 nitrogen and oxygen atoms in total. The third-order valence-corrected chi connectivity index (χ3v) is 4.08. The summed E-state index contributed by atoms with van der Waals surface area (Å²) >= 11 is 0. The maximum absolute atomic E-state index is 12.4. The highest BCUT2D eigenvalue weighted by Gasteiger charge is 2.42. The molecule has 5 heteroatoms. The van der Waals surface area contributed by atoms with Crippen LogP contribution in [0.15, 0.2) is 24.3 Å². The Labute approximate surface area is 123 Å². The van der Waals surface area contributed by atoms with Gasteiger partial charge in [-0.2, -0.15) is 0 Å². The summed E-state index contributed by atoms with van der Waals surface area (Å²) in [7, 11) is 0. The highest BCUT2D eigenvalue weighted by molar-refractivity contribution is 5.97. The van der Waals surface area contributed by atoms with Gasteiger partial charge < -0.3 is 14.8 Å². The van der Waals surface area contributed by atoms with Gasteiger partial charge in [-0.3, -0.25) is 4.79 Å². The lowest BCUT2D eigenvalue weighted by molar-refractivity contribution is -0.140. The van der Waals surface area contributed by atoms with Crippen LogP contribution in [0.1, 0.15) is 35.7 Å². The molecule has 21 heavy (non-hydrogen) atoms. The molecule has 0 aromatic heterocycles. The maximum Gasteiger partial charge on any atom is 0.339 e. The maximum atomic E-state index is 12.4. The molecule has 3 rings (SSSR count). The Bertz CT molecular complexity index is 565. The van der Waals surface area contributed by atoms with Crippen molar-refractivity contribution in [2.45, 2.75) is 37.9 Å². The van der Waals surface area contributed by atoms with E-state index >= 15 is 0 Å². The number of fused-ring (bicyclic) bond motifs is 1. The van der Waals surface area contributed by atoms with E-state index in [4.69, 9.17) is 9.47 Å². The molecule has 2 heterocycles. The number of carbonyl (C=O) groups excluding carboxylic acids is 2. The molecule has 1 amide bonds. The van der Waals surface area contributed by atoms with Crippen LogP contribution in [0.3, 0.4) is 0 Å². The average molecular weight is 289 g/mol. The van der Waals surface area contributed by atoms with E-state index in [1.807, 2.05) is 12.1 Å². The number of nitrogens with one attached hydrogen (secondary N) is 1. The second kappa shape index (κ2) is 5.48. The molecule has 2 aliphatic rings. The Kier molecular flexibility index (Phi) is 3.68. The normalized spacial score (nSPS) is 27.9. The first-order valence-corrected chi connectivity index (χ1v) is 7.30. The molecule has 0 unspecified atom stereocenters. The summed E-state index contributed by atoms with van der Waals surface area (Å²) in [6, 6.07) is 7.24. The largest absolute Gasteiger partial charge is 0.445 e. The Morgan fingerprint density at radius 2 is 2.24 bits per heavy atom. The highest BCUT2D eigenvalue weighted by Crippen LogP contribution is 2.28. The van der Waals surface area contributed by atoms with Crippen LogP contribution in [-0.2, 0) is 20.7 Å². The van der Waals surface area contributed by atoms with Gasteiger partial charge in [0.05, 0.1) is 11.7 Å². The van der Waals surface area contributed by atoms with Crippen LogP contribution in [0.2, 0.25) is 0 Å². The Morgan fingerprint density at radius 1 is 1.43 bits per heavy atom. The van der Waals surface area contributed by atoms with Gasteiger partial charge in [0.1, 0.15) is 0 Å². The van der Waals surface area contributed by atoms with Gasteiger partial charge in [-0.05, 0) is 31.4 Å². The Morgan fingerprint density at radius 3 is 3.00 bits per heavy atom. The SMILES string of the molecule is C[C@]1(C(=O)NC[C@@H]2CCCO2)Cc2ccccc2C(=O)O1. The van der Waals surface area contributed by atoms with E-state index in [0.717, 1.165) is 25.0 Å². The van der Waals surface area contributed by atoms with Crippen molar-refractivity contribution >= 4 is 11.9 Å². The van der Waals surface area contributed by atoms with E-state index in [2.05, 4.69) is 5.32 Å². The lowest BCUT2D eigenvalue weighted by Crippen LogP contribution is -2.52. The minimum Gasteiger partial charge on any atom is -0.445 e. The van der Waals surface area contributed by atoms with E-state index in [1.54, 1.807) is 19.1 Å². The van der Waals surface area contributed by atoms with Gasteiger partial charge in [0, 0.05) is 19.6 Å². The highest BCUT2D eigenvalue weighted by atomic mass is 16.6. The van der Waals surface area contributed by atoms with Crippen molar-refractivity contribution in [1.82, 2.24) is 5.32 Å². The van der Waals surface area contributed by atoms with Crippen LogP contribution < -0.4 is 5.32 Å². The monoisotopic (exact) mass is 289 g/mol. The van der Waals surface area contributed by atoms with Crippen molar-refractivity contribution < 1.29 is 19.1 Å². The molecule has 2 aliphatic heterocycles. The lowest BCUT2D eigenvalue weighted by Gasteiger charge is -2.33. The standard InChI is InChI=1S/C16H19NO4/c1-16(15(19)17-10-12-6-4-8-20-12)9-11-5-2-3-7-13(11)14(18)21-16/h2-3,5,7,12H,4,6,8-10H2,1H3,(H,17,19)/t12-,16+/m0/s1. The van der Waals surface area contributed by atoms with Crippen LogP contribution in [0, 0.1) is 0 Å². The van der Waals surface area contributed by atoms with Gasteiger partial charge in [-0.25, -0.2) is 4.79 Å². The smallest absolute Gasteiger partial charge is 0.339 e. The topological polar surface area (TPSA) is 64.6 Å². The summed E-state index contributed by atoms with van der Waals surface area (Å²) in [5.41, 5.74) is 0.245.